The van der Waals surface area contributed by atoms with Gasteiger partial charge in [0.05, 0.1) is 6.04 Å². The van der Waals surface area contributed by atoms with Crippen molar-refractivity contribution in [2.45, 2.75) is 26.8 Å². The molecule has 0 bridgehead atoms. The fraction of sp³-hybridized carbons (Fsp3) is 0.357. The summed E-state index contributed by atoms with van der Waals surface area (Å²) < 4.78 is 13.1. The van der Waals surface area contributed by atoms with Gasteiger partial charge in [0.15, 0.2) is 0 Å². The van der Waals surface area contributed by atoms with Crippen LogP contribution in [0.25, 0.3) is 0 Å². The molecule has 0 radical (unpaired) electrons. The van der Waals surface area contributed by atoms with E-state index in [1.54, 1.807) is 12.1 Å². The van der Waals surface area contributed by atoms with Crippen molar-refractivity contribution < 1.29 is 9.18 Å². The topological polar surface area (TPSA) is 96.7 Å². The number of anilines is 1. The Hall–Kier alpha value is -2.44. The van der Waals surface area contributed by atoms with Gasteiger partial charge in [0.2, 0.25) is 11.8 Å². The van der Waals surface area contributed by atoms with Gasteiger partial charge in [0.1, 0.15) is 5.82 Å². The van der Waals surface area contributed by atoms with Crippen LogP contribution in [0.2, 0.25) is 0 Å². The molecule has 6 nitrogen and oxygen atoms in total. The lowest BCUT2D eigenvalue weighted by Crippen LogP contribution is -2.37. The fourth-order valence-electron chi connectivity index (χ4n) is 2.03. The molecule has 112 valence electrons. The Bertz CT molecular complexity index is 630. The second kappa shape index (κ2) is 5.51. The number of nitrogens with two attached hydrogens (primary N) is 1. The van der Waals surface area contributed by atoms with E-state index in [1.807, 2.05) is 20.8 Å². The second-order valence-corrected chi connectivity index (χ2v) is 5.87. The van der Waals surface area contributed by atoms with E-state index in [-0.39, 0.29) is 29.0 Å². The maximum absolute atomic E-state index is 13.1. The maximum Gasteiger partial charge on any atom is 0.289 e. The molecule has 1 amide bonds. The van der Waals surface area contributed by atoms with Crippen molar-refractivity contribution >= 4 is 11.9 Å². The van der Waals surface area contributed by atoms with Gasteiger partial charge in [-0.25, -0.2) is 4.39 Å². The molecule has 0 aliphatic heterocycles. The van der Waals surface area contributed by atoms with Gasteiger partial charge in [0, 0.05) is 0 Å². The van der Waals surface area contributed by atoms with Gasteiger partial charge in [-0.2, -0.15) is 4.98 Å². The molecule has 2 aromatic rings. The number of hydrogen-bond donors (Lipinski definition) is 3. The first-order chi connectivity index (χ1) is 9.77. The van der Waals surface area contributed by atoms with Crippen LogP contribution in [0.1, 0.15) is 43.0 Å². The zero-order valence-corrected chi connectivity index (χ0v) is 12.1. The Balaban J connectivity index is 2.25. The number of halogens is 1. The summed E-state index contributed by atoms with van der Waals surface area (Å²) in [4.78, 5) is 16.0. The SMILES string of the molecule is CC(C)(C)C(NC(=O)c1nc(N)n[nH]1)c1ccc(F)cc1. The van der Waals surface area contributed by atoms with Gasteiger partial charge < -0.3 is 11.1 Å². The Morgan fingerprint density at radius 3 is 2.43 bits per heavy atom. The predicted molar refractivity (Wildman–Crippen MR) is 76.9 cm³/mol. The van der Waals surface area contributed by atoms with Gasteiger partial charge in [-0.05, 0) is 23.1 Å². The highest BCUT2D eigenvalue weighted by Gasteiger charge is 2.29. The molecular formula is C14H18FN5O. The van der Waals surface area contributed by atoms with E-state index in [0.717, 1.165) is 5.56 Å². The predicted octanol–water partition coefficient (Wildman–Crippen LogP) is 2.04. The Kier molecular flexibility index (Phi) is 3.93. The van der Waals surface area contributed by atoms with Crippen molar-refractivity contribution in [2.75, 3.05) is 5.73 Å². The van der Waals surface area contributed by atoms with Gasteiger partial charge in [0.25, 0.3) is 5.91 Å². The molecule has 1 atom stereocenters. The summed E-state index contributed by atoms with van der Waals surface area (Å²) in [6.07, 6.45) is 0. The largest absolute Gasteiger partial charge is 0.366 e. The number of nitrogens with zero attached hydrogens (tertiary/aromatic N) is 2. The van der Waals surface area contributed by atoms with Crippen LogP contribution in [0.5, 0.6) is 0 Å². The van der Waals surface area contributed by atoms with Crippen molar-refractivity contribution in [1.82, 2.24) is 20.5 Å². The van der Waals surface area contributed by atoms with Crippen LogP contribution in [0.3, 0.4) is 0 Å². The van der Waals surface area contributed by atoms with E-state index in [0.29, 0.717) is 0 Å². The number of H-pyrrole nitrogens is 1. The number of rotatable bonds is 3. The van der Waals surface area contributed by atoms with Crippen LogP contribution in [-0.2, 0) is 0 Å². The summed E-state index contributed by atoms with van der Waals surface area (Å²) in [6.45, 7) is 5.95. The summed E-state index contributed by atoms with van der Waals surface area (Å²) in [5.41, 5.74) is 5.93. The maximum atomic E-state index is 13.1. The van der Waals surface area contributed by atoms with Crippen LogP contribution in [0.15, 0.2) is 24.3 Å². The van der Waals surface area contributed by atoms with Crippen molar-refractivity contribution in [3.05, 3.63) is 41.5 Å². The monoisotopic (exact) mass is 291 g/mol. The van der Waals surface area contributed by atoms with Gasteiger partial charge in [-0.1, -0.05) is 32.9 Å². The lowest BCUT2D eigenvalue weighted by Gasteiger charge is -2.31. The minimum Gasteiger partial charge on any atom is -0.366 e. The molecule has 0 aliphatic rings. The molecule has 4 N–H and O–H groups in total. The van der Waals surface area contributed by atoms with E-state index in [1.165, 1.54) is 12.1 Å². The normalized spacial score (nSPS) is 13.0. The molecule has 1 aromatic heterocycles. The summed E-state index contributed by atoms with van der Waals surface area (Å²) in [5, 5.41) is 8.96. The van der Waals surface area contributed by atoms with Crippen LogP contribution in [0, 0.1) is 11.2 Å². The lowest BCUT2D eigenvalue weighted by atomic mass is 9.82. The third-order valence-corrected chi connectivity index (χ3v) is 3.06. The molecule has 0 spiro atoms. The minimum atomic E-state index is -0.413. The molecule has 2 rings (SSSR count). The van der Waals surface area contributed by atoms with E-state index in [4.69, 9.17) is 5.73 Å². The molecule has 1 unspecified atom stereocenters. The summed E-state index contributed by atoms with van der Waals surface area (Å²) >= 11 is 0. The van der Waals surface area contributed by atoms with E-state index in [9.17, 15) is 9.18 Å². The van der Waals surface area contributed by atoms with Crippen LogP contribution in [-0.4, -0.2) is 21.1 Å². The van der Waals surface area contributed by atoms with Crippen LogP contribution in [0.4, 0.5) is 10.3 Å². The number of nitrogen functional groups attached to an aromatic ring is 1. The zero-order chi connectivity index (χ0) is 15.6. The first-order valence-corrected chi connectivity index (χ1v) is 6.51. The van der Waals surface area contributed by atoms with Crippen molar-refractivity contribution in [1.29, 1.82) is 0 Å². The first kappa shape index (κ1) is 15.0. The molecular weight excluding hydrogens is 273 g/mol. The molecule has 1 heterocycles. The molecule has 0 saturated carbocycles. The summed E-state index contributed by atoms with van der Waals surface area (Å²) in [7, 11) is 0. The number of benzene rings is 1. The average Bonchev–Trinajstić information content (AvgIpc) is 2.82. The number of hydrogen-bond acceptors (Lipinski definition) is 4. The zero-order valence-electron chi connectivity index (χ0n) is 12.1. The Labute approximate surface area is 122 Å². The van der Waals surface area contributed by atoms with Crippen LogP contribution < -0.4 is 11.1 Å². The number of nitrogens with one attached hydrogen (secondary N) is 2. The quantitative estimate of drug-likeness (QED) is 0.806. The first-order valence-electron chi connectivity index (χ1n) is 6.51. The van der Waals surface area contributed by atoms with Gasteiger partial charge in [-0.3, -0.25) is 9.89 Å². The number of aromatic amines is 1. The molecule has 0 aliphatic carbocycles. The minimum absolute atomic E-state index is 0.00856. The number of amides is 1. The highest BCUT2D eigenvalue weighted by atomic mass is 19.1. The summed E-state index contributed by atoms with van der Waals surface area (Å²) in [5.74, 6) is -0.678. The standard InChI is InChI=1S/C14H18FN5O/c1-14(2,3)10(8-4-6-9(15)7-5-8)17-12(21)11-18-13(16)20-19-11/h4-7,10H,1-3H3,(H,17,21)(H3,16,18,19,20). The van der Waals surface area contributed by atoms with E-state index < -0.39 is 5.91 Å². The van der Waals surface area contributed by atoms with Crippen LogP contribution >= 0.6 is 0 Å². The molecule has 7 heteroatoms. The number of carbonyl (C=O) groups excluding carboxylic acids is 1. The third kappa shape index (κ3) is 3.56. The molecule has 1 aromatic carbocycles. The molecule has 21 heavy (non-hydrogen) atoms. The summed E-state index contributed by atoms with van der Waals surface area (Å²) in [6, 6.07) is 5.73. The van der Waals surface area contributed by atoms with Crippen molar-refractivity contribution in [3.8, 4) is 0 Å². The molecule has 0 fully saturated rings. The lowest BCUT2D eigenvalue weighted by molar-refractivity contribution is 0.0891. The highest BCUT2D eigenvalue weighted by Crippen LogP contribution is 2.32. The average molecular weight is 291 g/mol. The Morgan fingerprint density at radius 2 is 1.95 bits per heavy atom. The number of carbonyl (C=O) groups is 1. The molecule has 0 saturated heterocycles. The van der Waals surface area contributed by atoms with E-state index in [2.05, 4.69) is 20.5 Å². The third-order valence-electron chi connectivity index (χ3n) is 3.06. The smallest absolute Gasteiger partial charge is 0.289 e. The Morgan fingerprint density at radius 1 is 1.33 bits per heavy atom. The fourth-order valence-corrected chi connectivity index (χ4v) is 2.03. The van der Waals surface area contributed by atoms with Gasteiger partial charge in [-0.15, -0.1) is 5.10 Å². The second-order valence-electron chi connectivity index (χ2n) is 5.87. The highest BCUT2D eigenvalue weighted by molar-refractivity contribution is 5.90. The number of aromatic nitrogens is 3. The van der Waals surface area contributed by atoms with E-state index >= 15 is 0 Å². The van der Waals surface area contributed by atoms with Gasteiger partial charge >= 0.3 is 0 Å². The van der Waals surface area contributed by atoms with Crippen molar-refractivity contribution in [2.24, 2.45) is 5.41 Å². The van der Waals surface area contributed by atoms with Crippen molar-refractivity contribution in [3.63, 3.8) is 0 Å².